The van der Waals surface area contributed by atoms with E-state index in [4.69, 9.17) is 9.88 Å². The molecule has 3 rings (SSSR count). The second kappa shape index (κ2) is 5.57. The number of aryl methyl sites for hydroxylation is 1. The molecule has 0 saturated carbocycles. The molecular formula is C14H15N5O5S. The van der Waals surface area contributed by atoms with E-state index < -0.39 is 21.3 Å². The molecule has 3 N–H and O–H groups in total. The van der Waals surface area contributed by atoms with Gasteiger partial charge in [0.1, 0.15) is 17.1 Å². The fourth-order valence-electron chi connectivity index (χ4n) is 2.50. The number of nitrogens with zero attached hydrogens (tertiary/aromatic N) is 3. The van der Waals surface area contributed by atoms with Crippen molar-refractivity contribution in [3.05, 3.63) is 39.0 Å². The van der Waals surface area contributed by atoms with Crippen LogP contribution in [0.25, 0.3) is 22.6 Å². The van der Waals surface area contributed by atoms with Gasteiger partial charge in [-0.25, -0.2) is 23.3 Å². The Morgan fingerprint density at radius 2 is 1.88 bits per heavy atom. The quantitative estimate of drug-likeness (QED) is 0.627. The van der Waals surface area contributed by atoms with Crippen molar-refractivity contribution in [1.29, 1.82) is 0 Å². The highest BCUT2D eigenvalue weighted by Gasteiger charge is 2.18. The Labute approximate surface area is 141 Å². The smallest absolute Gasteiger partial charge is 0.332 e. The van der Waals surface area contributed by atoms with Crippen LogP contribution in [0.2, 0.25) is 0 Å². The maximum atomic E-state index is 12.2. The number of aromatic nitrogens is 4. The number of fused-ring (bicyclic) bond motifs is 1. The summed E-state index contributed by atoms with van der Waals surface area (Å²) in [6.07, 6.45) is 0. The molecule has 2 heterocycles. The Morgan fingerprint density at radius 1 is 1.20 bits per heavy atom. The van der Waals surface area contributed by atoms with Crippen LogP contribution in [0.5, 0.6) is 5.75 Å². The van der Waals surface area contributed by atoms with Gasteiger partial charge in [-0.15, -0.1) is 0 Å². The Balaban J connectivity index is 2.31. The van der Waals surface area contributed by atoms with E-state index >= 15 is 0 Å². The van der Waals surface area contributed by atoms with E-state index in [1.165, 1.54) is 44.0 Å². The lowest BCUT2D eigenvalue weighted by atomic mass is 10.2. The largest absolute Gasteiger partial charge is 0.496 e. The zero-order valence-electron chi connectivity index (χ0n) is 13.6. The summed E-state index contributed by atoms with van der Waals surface area (Å²) in [6, 6.07) is 4.02. The number of imidazole rings is 1. The summed E-state index contributed by atoms with van der Waals surface area (Å²) in [5, 5.41) is 5.11. The molecule has 0 aliphatic carbocycles. The summed E-state index contributed by atoms with van der Waals surface area (Å²) in [5.41, 5.74) is -0.275. The van der Waals surface area contributed by atoms with Gasteiger partial charge in [0.25, 0.3) is 5.56 Å². The summed E-state index contributed by atoms with van der Waals surface area (Å²) in [5.74, 6) is 0.457. The van der Waals surface area contributed by atoms with Gasteiger partial charge in [-0.2, -0.15) is 0 Å². The van der Waals surface area contributed by atoms with Gasteiger partial charge >= 0.3 is 5.69 Å². The summed E-state index contributed by atoms with van der Waals surface area (Å²) in [6.45, 7) is 0. The van der Waals surface area contributed by atoms with Crippen LogP contribution in [-0.4, -0.2) is 34.6 Å². The lowest BCUT2D eigenvalue weighted by Crippen LogP contribution is -2.36. The third-order valence-electron chi connectivity index (χ3n) is 3.85. The van der Waals surface area contributed by atoms with Crippen molar-refractivity contribution in [3.63, 3.8) is 0 Å². The minimum absolute atomic E-state index is 0.118. The third-order valence-corrected chi connectivity index (χ3v) is 4.76. The molecule has 1 aromatic carbocycles. The van der Waals surface area contributed by atoms with Crippen molar-refractivity contribution in [2.75, 3.05) is 7.11 Å². The van der Waals surface area contributed by atoms with Crippen molar-refractivity contribution in [3.8, 4) is 17.1 Å². The van der Waals surface area contributed by atoms with Crippen molar-refractivity contribution < 1.29 is 13.2 Å². The van der Waals surface area contributed by atoms with Gasteiger partial charge < -0.3 is 9.72 Å². The third kappa shape index (κ3) is 2.62. The molecule has 0 saturated heterocycles. The van der Waals surface area contributed by atoms with E-state index in [1.807, 2.05) is 0 Å². The number of benzene rings is 1. The van der Waals surface area contributed by atoms with Crippen LogP contribution >= 0.6 is 0 Å². The molecule has 132 valence electrons. The number of ether oxygens (including phenoxy) is 1. The molecule has 10 nitrogen and oxygen atoms in total. The summed E-state index contributed by atoms with van der Waals surface area (Å²) >= 11 is 0. The number of aromatic amines is 1. The second-order valence-corrected chi connectivity index (χ2v) is 6.96. The van der Waals surface area contributed by atoms with Gasteiger partial charge in [0, 0.05) is 20.2 Å². The molecule has 11 heteroatoms. The van der Waals surface area contributed by atoms with Crippen LogP contribution in [0.4, 0.5) is 0 Å². The van der Waals surface area contributed by atoms with Crippen LogP contribution in [0, 0.1) is 0 Å². The highest BCUT2D eigenvalue weighted by atomic mass is 32.2. The molecule has 0 aliphatic heterocycles. The summed E-state index contributed by atoms with van der Waals surface area (Å²) in [4.78, 5) is 31.2. The van der Waals surface area contributed by atoms with Crippen molar-refractivity contribution in [2.24, 2.45) is 19.2 Å². The molecule has 0 aliphatic rings. The molecule has 0 unspecified atom stereocenters. The molecule has 0 radical (unpaired) electrons. The molecule has 2 aromatic heterocycles. The number of hydrogen-bond donors (Lipinski definition) is 2. The molecular weight excluding hydrogens is 350 g/mol. The standard InChI is InChI=1S/C14H15N5O5S/c1-18-12-10(13(20)19(2)14(18)21)16-11(17-12)8-5-4-7(25(15,22)23)6-9(8)24-3/h4-6H,1-3H3,(H,16,17)(H2,15,22,23). The number of H-pyrrole nitrogens is 1. The van der Waals surface area contributed by atoms with Crippen molar-refractivity contribution in [2.45, 2.75) is 4.90 Å². The van der Waals surface area contributed by atoms with E-state index in [0.29, 0.717) is 5.56 Å². The van der Waals surface area contributed by atoms with Crippen LogP contribution in [0.3, 0.4) is 0 Å². The fraction of sp³-hybridized carbons (Fsp3) is 0.214. The van der Waals surface area contributed by atoms with Crippen LogP contribution in [0.1, 0.15) is 0 Å². The number of primary sulfonamides is 1. The average Bonchev–Trinajstić information content (AvgIpc) is 3.02. The summed E-state index contributed by atoms with van der Waals surface area (Å²) in [7, 11) is 0.334. The number of rotatable bonds is 3. The Morgan fingerprint density at radius 3 is 2.48 bits per heavy atom. The van der Waals surface area contributed by atoms with Gasteiger partial charge in [0.2, 0.25) is 10.0 Å². The maximum absolute atomic E-state index is 12.2. The zero-order chi connectivity index (χ0) is 18.5. The number of nitrogens with two attached hydrogens (primary N) is 1. The van der Waals surface area contributed by atoms with Crippen molar-refractivity contribution >= 4 is 21.2 Å². The Kier molecular flexibility index (Phi) is 3.77. The Hall–Kier alpha value is -2.92. The normalized spacial score (nSPS) is 11.8. The molecule has 0 atom stereocenters. The topological polar surface area (TPSA) is 142 Å². The predicted molar refractivity (Wildman–Crippen MR) is 89.9 cm³/mol. The van der Waals surface area contributed by atoms with Gasteiger partial charge in [0.15, 0.2) is 5.65 Å². The second-order valence-electron chi connectivity index (χ2n) is 5.40. The van der Waals surface area contributed by atoms with Crippen LogP contribution < -0.4 is 21.1 Å². The maximum Gasteiger partial charge on any atom is 0.332 e. The molecule has 0 bridgehead atoms. The highest BCUT2D eigenvalue weighted by molar-refractivity contribution is 7.89. The first kappa shape index (κ1) is 16.9. The fourth-order valence-corrected chi connectivity index (χ4v) is 3.03. The highest BCUT2D eigenvalue weighted by Crippen LogP contribution is 2.30. The molecule has 0 fully saturated rings. The minimum Gasteiger partial charge on any atom is -0.496 e. The van der Waals surface area contributed by atoms with E-state index in [0.717, 1.165) is 4.57 Å². The first-order valence-electron chi connectivity index (χ1n) is 7.02. The SMILES string of the molecule is COc1cc(S(N)(=O)=O)ccc1-c1nc2c([nH]1)c(=O)n(C)c(=O)n2C. The minimum atomic E-state index is -3.89. The number of sulfonamides is 1. The summed E-state index contributed by atoms with van der Waals surface area (Å²) < 4.78 is 30.4. The van der Waals surface area contributed by atoms with E-state index in [9.17, 15) is 18.0 Å². The Bertz CT molecular complexity index is 1220. The van der Waals surface area contributed by atoms with Crippen LogP contribution in [0.15, 0.2) is 32.7 Å². The number of methoxy groups -OCH3 is 1. The first-order chi connectivity index (χ1) is 11.6. The monoisotopic (exact) mass is 365 g/mol. The lowest BCUT2D eigenvalue weighted by Gasteiger charge is -2.07. The van der Waals surface area contributed by atoms with Gasteiger partial charge in [-0.3, -0.25) is 13.9 Å². The van der Waals surface area contributed by atoms with Crippen LogP contribution in [-0.2, 0) is 24.1 Å². The van der Waals surface area contributed by atoms with E-state index in [2.05, 4.69) is 9.97 Å². The predicted octanol–water partition coefficient (Wildman–Crippen LogP) is -0.717. The molecule has 0 spiro atoms. The first-order valence-corrected chi connectivity index (χ1v) is 8.56. The molecule has 25 heavy (non-hydrogen) atoms. The molecule has 0 amide bonds. The average molecular weight is 365 g/mol. The number of nitrogens with one attached hydrogen (secondary N) is 1. The van der Waals surface area contributed by atoms with Crippen molar-refractivity contribution in [1.82, 2.24) is 19.1 Å². The lowest BCUT2D eigenvalue weighted by molar-refractivity contribution is 0.415. The van der Waals surface area contributed by atoms with E-state index in [-0.39, 0.29) is 27.6 Å². The van der Waals surface area contributed by atoms with E-state index in [1.54, 1.807) is 0 Å². The number of hydrogen-bond acceptors (Lipinski definition) is 6. The van der Waals surface area contributed by atoms with Gasteiger partial charge in [-0.05, 0) is 12.1 Å². The zero-order valence-corrected chi connectivity index (χ0v) is 14.4. The van der Waals surface area contributed by atoms with Gasteiger partial charge in [-0.1, -0.05) is 0 Å². The molecule has 3 aromatic rings. The van der Waals surface area contributed by atoms with Gasteiger partial charge in [0.05, 0.1) is 17.6 Å².